The van der Waals surface area contributed by atoms with Crippen molar-refractivity contribution in [2.24, 2.45) is 0 Å². The summed E-state index contributed by atoms with van der Waals surface area (Å²) in [6.45, 7) is 5.52. The van der Waals surface area contributed by atoms with E-state index < -0.39 is 11.6 Å². The summed E-state index contributed by atoms with van der Waals surface area (Å²) in [7, 11) is 0. The Morgan fingerprint density at radius 1 is 1.30 bits per heavy atom. The number of hydrogen-bond acceptors (Lipinski definition) is 2. The highest BCUT2D eigenvalue weighted by Crippen LogP contribution is 2.27. The van der Waals surface area contributed by atoms with Gasteiger partial charge in [-0.15, -0.1) is 0 Å². The fraction of sp³-hybridized carbons (Fsp3) is 0.400. The van der Waals surface area contributed by atoms with E-state index in [9.17, 15) is 8.78 Å². The molecule has 0 radical (unpaired) electrons. The van der Waals surface area contributed by atoms with Gasteiger partial charge in [-0.2, -0.15) is 0 Å². The smallest absolute Gasteiger partial charge is 0.147 e. The minimum absolute atomic E-state index is 0.142. The predicted molar refractivity (Wildman–Crippen MR) is 73.0 cm³/mol. The molecule has 106 valence electrons. The molecule has 0 aliphatic carbocycles. The van der Waals surface area contributed by atoms with Gasteiger partial charge in [0.05, 0.1) is 11.4 Å². The van der Waals surface area contributed by atoms with E-state index in [0.29, 0.717) is 6.54 Å². The number of fused-ring (bicyclic) bond motifs is 1. The van der Waals surface area contributed by atoms with Crippen molar-refractivity contribution in [3.8, 4) is 5.69 Å². The van der Waals surface area contributed by atoms with Crippen LogP contribution in [0.1, 0.15) is 37.0 Å². The molecular formula is C15H17F2N3. The normalized spacial score (nSPS) is 14.7. The summed E-state index contributed by atoms with van der Waals surface area (Å²) < 4.78 is 29.4. The zero-order chi connectivity index (χ0) is 14.3. The van der Waals surface area contributed by atoms with Crippen LogP contribution in [0.25, 0.3) is 5.69 Å². The quantitative estimate of drug-likeness (QED) is 0.914. The van der Waals surface area contributed by atoms with E-state index >= 15 is 0 Å². The maximum atomic E-state index is 14.1. The summed E-state index contributed by atoms with van der Waals surface area (Å²) in [5.41, 5.74) is 2.17. The molecule has 1 N–H and O–H groups in total. The highest BCUT2D eigenvalue weighted by atomic mass is 19.1. The molecule has 0 atom stereocenters. The number of hydrogen-bond donors (Lipinski definition) is 1. The fourth-order valence-electron chi connectivity index (χ4n) is 2.64. The van der Waals surface area contributed by atoms with Crippen LogP contribution in [0.15, 0.2) is 18.2 Å². The Morgan fingerprint density at radius 3 is 2.85 bits per heavy atom. The van der Waals surface area contributed by atoms with Crippen LogP contribution in [0.5, 0.6) is 0 Å². The molecule has 3 nitrogen and oxygen atoms in total. The van der Waals surface area contributed by atoms with Crippen molar-refractivity contribution in [1.29, 1.82) is 0 Å². The molecule has 0 saturated carbocycles. The summed E-state index contributed by atoms with van der Waals surface area (Å²) in [5.74, 6) is 0.0611. The van der Waals surface area contributed by atoms with E-state index in [2.05, 4.69) is 10.3 Å². The second-order valence-electron chi connectivity index (χ2n) is 5.38. The predicted octanol–water partition coefficient (Wildman–Crippen LogP) is 2.92. The van der Waals surface area contributed by atoms with Crippen molar-refractivity contribution < 1.29 is 8.78 Å². The number of nitrogens with one attached hydrogen (secondary N) is 1. The number of halogens is 2. The van der Waals surface area contributed by atoms with E-state index in [-0.39, 0.29) is 11.6 Å². The van der Waals surface area contributed by atoms with Crippen LogP contribution in [0.3, 0.4) is 0 Å². The summed E-state index contributed by atoms with van der Waals surface area (Å²) in [4.78, 5) is 4.61. The van der Waals surface area contributed by atoms with Crippen molar-refractivity contribution in [2.45, 2.75) is 32.7 Å². The van der Waals surface area contributed by atoms with Gasteiger partial charge in [-0.3, -0.25) is 4.57 Å². The van der Waals surface area contributed by atoms with Gasteiger partial charge in [0.25, 0.3) is 0 Å². The highest BCUT2D eigenvalue weighted by Gasteiger charge is 2.23. The monoisotopic (exact) mass is 277 g/mol. The van der Waals surface area contributed by atoms with Gasteiger partial charge in [-0.05, 0) is 12.1 Å². The zero-order valence-electron chi connectivity index (χ0n) is 11.6. The lowest BCUT2D eigenvalue weighted by Crippen LogP contribution is -2.25. The van der Waals surface area contributed by atoms with Crippen LogP contribution >= 0.6 is 0 Å². The lowest BCUT2D eigenvalue weighted by Gasteiger charge is -2.17. The molecular weight excluding hydrogens is 260 g/mol. The molecule has 1 aromatic heterocycles. The molecule has 1 aromatic carbocycles. The lowest BCUT2D eigenvalue weighted by molar-refractivity contribution is 0.579. The third kappa shape index (κ3) is 2.12. The molecule has 0 amide bonds. The lowest BCUT2D eigenvalue weighted by atomic mass is 10.1. The average molecular weight is 277 g/mol. The van der Waals surface area contributed by atoms with Crippen LogP contribution in [0.4, 0.5) is 8.78 Å². The molecule has 0 saturated heterocycles. The van der Waals surface area contributed by atoms with E-state index in [1.807, 2.05) is 13.8 Å². The fourth-order valence-corrected chi connectivity index (χ4v) is 2.64. The first-order valence-corrected chi connectivity index (χ1v) is 6.84. The van der Waals surface area contributed by atoms with Crippen LogP contribution in [-0.2, 0) is 13.0 Å². The van der Waals surface area contributed by atoms with E-state index in [0.717, 1.165) is 36.2 Å². The highest BCUT2D eigenvalue weighted by molar-refractivity contribution is 5.40. The second-order valence-corrected chi connectivity index (χ2v) is 5.38. The molecule has 0 unspecified atom stereocenters. The Kier molecular flexibility index (Phi) is 3.30. The van der Waals surface area contributed by atoms with E-state index in [1.54, 1.807) is 4.57 Å². The number of nitrogens with zero attached hydrogens (tertiary/aromatic N) is 2. The maximum absolute atomic E-state index is 14.1. The first-order valence-electron chi connectivity index (χ1n) is 6.84. The van der Waals surface area contributed by atoms with Gasteiger partial charge in [-0.25, -0.2) is 13.8 Å². The zero-order valence-corrected chi connectivity index (χ0v) is 11.6. The van der Waals surface area contributed by atoms with Gasteiger partial charge in [0, 0.05) is 37.2 Å². The summed E-state index contributed by atoms with van der Waals surface area (Å²) in [6, 6.07) is 3.55. The molecule has 5 heteroatoms. The molecule has 2 aromatic rings. The molecule has 1 aliphatic heterocycles. The Labute approximate surface area is 116 Å². The van der Waals surface area contributed by atoms with Gasteiger partial charge in [-0.1, -0.05) is 13.8 Å². The van der Waals surface area contributed by atoms with Crippen LogP contribution < -0.4 is 5.32 Å². The number of benzene rings is 1. The molecule has 20 heavy (non-hydrogen) atoms. The molecule has 3 rings (SSSR count). The van der Waals surface area contributed by atoms with Gasteiger partial charge in [0.15, 0.2) is 0 Å². The van der Waals surface area contributed by atoms with Gasteiger partial charge < -0.3 is 5.32 Å². The summed E-state index contributed by atoms with van der Waals surface area (Å²) in [6.07, 6.45) is 0.769. The molecule has 0 spiro atoms. The van der Waals surface area contributed by atoms with E-state index in [1.165, 1.54) is 12.1 Å². The Bertz CT molecular complexity index is 647. The third-order valence-corrected chi connectivity index (χ3v) is 3.58. The maximum Gasteiger partial charge on any atom is 0.147 e. The average Bonchev–Trinajstić information content (AvgIpc) is 2.81. The first-order chi connectivity index (χ1) is 9.58. The molecule has 0 fully saturated rings. The van der Waals surface area contributed by atoms with Crippen molar-refractivity contribution in [1.82, 2.24) is 14.9 Å². The first kappa shape index (κ1) is 13.2. The second kappa shape index (κ2) is 4.98. The van der Waals surface area contributed by atoms with Gasteiger partial charge in [0.2, 0.25) is 0 Å². The Morgan fingerprint density at radius 2 is 2.10 bits per heavy atom. The van der Waals surface area contributed by atoms with Gasteiger partial charge in [0.1, 0.15) is 17.5 Å². The summed E-state index contributed by atoms with van der Waals surface area (Å²) >= 11 is 0. The van der Waals surface area contributed by atoms with Crippen molar-refractivity contribution in [3.63, 3.8) is 0 Å². The minimum Gasteiger partial charge on any atom is -0.311 e. The third-order valence-electron chi connectivity index (χ3n) is 3.58. The molecule has 0 bridgehead atoms. The van der Waals surface area contributed by atoms with Gasteiger partial charge >= 0.3 is 0 Å². The topological polar surface area (TPSA) is 29.9 Å². The number of imidazole rings is 1. The van der Waals surface area contributed by atoms with Crippen molar-refractivity contribution >= 4 is 0 Å². The van der Waals surface area contributed by atoms with Crippen LogP contribution in [0, 0.1) is 11.6 Å². The van der Waals surface area contributed by atoms with Crippen molar-refractivity contribution in [3.05, 3.63) is 47.0 Å². The van der Waals surface area contributed by atoms with Crippen LogP contribution in [0.2, 0.25) is 0 Å². The minimum atomic E-state index is -0.438. The van der Waals surface area contributed by atoms with E-state index in [4.69, 9.17) is 0 Å². The van der Waals surface area contributed by atoms with Crippen molar-refractivity contribution in [2.75, 3.05) is 6.54 Å². The SMILES string of the molecule is CC(C)c1nc2c(n1-c1cc(F)ccc1F)CCNC2. The number of aromatic nitrogens is 2. The Hall–Kier alpha value is -1.75. The number of rotatable bonds is 2. The van der Waals surface area contributed by atoms with Crippen LogP contribution in [-0.4, -0.2) is 16.1 Å². The summed E-state index contributed by atoms with van der Waals surface area (Å²) in [5, 5.41) is 3.25. The Balaban J connectivity index is 2.25. The molecule has 2 heterocycles. The molecule has 1 aliphatic rings. The standard InChI is InChI=1S/C15H17F2N3/c1-9(2)15-19-12-8-18-6-5-13(12)20(15)14-7-10(16)3-4-11(14)17/h3-4,7,9,18H,5-6,8H2,1-2H3. The largest absolute Gasteiger partial charge is 0.311 e.